The topological polar surface area (TPSA) is 44.5 Å². The lowest BCUT2D eigenvalue weighted by molar-refractivity contribution is 0.296. The fourth-order valence-electron chi connectivity index (χ4n) is 1.95. The molecule has 4 heteroatoms. The van der Waals surface area contributed by atoms with Crippen molar-refractivity contribution in [3.8, 4) is 11.5 Å². The molecule has 0 heterocycles. The highest BCUT2D eigenvalue weighted by Gasteiger charge is 2.15. The number of nitrogens with two attached hydrogens (primary N) is 1. The molecular formula is C16H18FNO2. The maximum atomic E-state index is 14.0. The van der Waals surface area contributed by atoms with Gasteiger partial charge in [-0.1, -0.05) is 30.3 Å². The normalized spacial score (nSPS) is 11.9. The Balaban J connectivity index is 1.93. The van der Waals surface area contributed by atoms with E-state index in [0.717, 1.165) is 5.75 Å². The van der Waals surface area contributed by atoms with Gasteiger partial charge in [-0.05, 0) is 18.2 Å². The summed E-state index contributed by atoms with van der Waals surface area (Å²) in [6, 6.07) is 14.0. The number of hydrogen-bond acceptors (Lipinski definition) is 3. The molecule has 0 aromatic heterocycles. The molecule has 2 aromatic rings. The number of benzene rings is 2. The van der Waals surface area contributed by atoms with E-state index >= 15 is 0 Å². The van der Waals surface area contributed by atoms with E-state index in [9.17, 15) is 4.39 Å². The van der Waals surface area contributed by atoms with Crippen LogP contribution in [-0.4, -0.2) is 13.7 Å². The monoisotopic (exact) mass is 275 g/mol. The summed E-state index contributed by atoms with van der Waals surface area (Å²) in [6.45, 7) is 0.432. The van der Waals surface area contributed by atoms with E-state index in [0.29, 0.717) is 18.6 Å². The van der Waals surface area contributed by atoms with Crippen molar-refractivity contribution in [1.29, 1.82) is 0 Å². The quantitative estimate of drug-likeness (QED) is 0.879. The molecule has 0 spiro atoms. The molecule has 20 heavy (non-hydrogen) atoms. The van der Waals surface area contributed by atoms with Gasteiger partial charge in [0.1, 0.15) is 5.75 Å². The third kappa shape index (κ3) is 3.48. The van der Waals surface area contributed by atoms with Crippen molar-refractivity contribution in [1.82, 2.24) is 0 Å². The third-order valence-electron chi connectivity index (χ3n) is 3.05. The molecule has 1 unspecified atom stereocenters. The van der Waals surface area contributed by atoms with Gasteiger partial charge in [-0.2, -0.15) is 0 Å². The molecule has 2 aromatic carbocycles. The van der Waals surface area contributed by atoms with Crippen molar-refractivity contribution in [2.75, 3.05) is 13.7 Å². The smallest absolute Gasteiger partial charge is 0.169 e. The van der Waals surface area contributed by atoms with Crippen molar-refractivity contribution >= 4 is 0 Å². The van der Waals surface area contributed by atoms with E-state index in [1.807, 2.05) is 30.3 Å². The highest BCUT2D eigenvalue weighted by atomic mass is 19.1. The summed E-state index contributed by atoms with van der Waals surface area (Å²) in [5.41, 5.74) is 6.45. The summed E-state index contributed by atoms with van der Waals surface area (Å²) in [5.74, 6) is 0.593. The molecule has 1 atom stereocenters. The first kappa shape index (κ1) is 14.3. The molecule has 0 saturated heterocycles. The minimum atomic E-state index is -0.422. The Bertz CT molecular complexity index is 545. The van der Waals surface area contributed by atoms with E-state index in [1.54, 1.807) is 18.2 Å². The molecule has 0 aliphatic rings. The van der Waals surface area contributed by atoms with Crippen molar-refractivity contribution in [2.45, 2.75) is 12.5 Å². The van der Waals surface area contributed by atoms with Gasteiger partial charge in [0.05, 0.1) is 13.7 Å². The fraction of sp³-hybridized carbons (Fsp3) is 0.250. The largest absolute Gasteiger partial charge is 0.494 e. The zero-order valence-electron chi connectivity index (χ0n) is 11.4. The van der Waals surface area contributed by atoms with Crippen LogP contribution in [0.15, 0.2) is 48.5 Å². The first-order valence-electron chi connectivity index (χ1n) is 6.48. The Hall–Kier alpha value is -2.07. The molecule has 3 nitrogen and oxygen atoms in total. The lowest BCUT2D eigenvalue weighted by Gasteiger charge is -2.15. The van der Waals surface area contributed by atoms with Crippen molar-refractivity contribution in [3.63, 3.8) is 0 Å². The Morgan fingerprint density at radius 3 is 2.55 bits per heavy atom. The number of para-hydroxylation sites is 1. The van der Waals surface area contributed by atoms with Crippen LogP contribution in [0.2, 0.25) is 0 Å². The highest BCUT2D eigenvalue weighted by molar-refractivity contribution is 5.32. The van der Waals surface area contributed by atoms with E-state index in [2.05, 4.69) is 0 Å². The maximum absolute atomic E-state index is 14.0. The second kappa shape index (κ2) is 6.91. The summed E-state index contributed by atoms with van der Waals surface area (Å²) in [7, 11) is 1.44. The van der Waals surface area contributed by atoms with Gasteiger partial charge in [-0.15, -0.1) is 0 Å². The number of ether oxygens (including phenoxy) is 2. The molecule has 0 fully saturated rings. The zero-order valence-corrected chi connectivity index (χ0v) is 11.4. The third-order valence-corrected chi connectivity index (χ3v) is 3.05. The van der Waals surface area contributed by atoms with Gasteiger partial charge in [0.25, 0.3) is 0 Å². The van der Waals surface area contributed by atoms with Crippen LogP contribution >= 0.6 is 0 Å². The molecule has 106 valence electrons. The Morgan fingerprint density at radius 2 is 1.85 bits per heavy atom. The number of rotatable bonds is 6. The first-order chi connectivity index (χ1) is 9.72. The summed E-state index contributed by atoms with van der Waals surface area (Å²) in [6.07, 6.45) is 0.527. The number of hydrogen-bond donors (Lipinski definition) is 1. The van der Waals surface area contributed by atoms with Crippen LogP contribution < -0.4 is 15.2 Å². The van der Waals surface area contributed by atoms with Gasteiger partial charge in [-0.25, -0.2) is 4.39 Å². The predicted octanol–water partition coefficient (Wildman–Crippen LogP) is 3.30. The van der Waals surface area contributed by atoms with Crippen LogP contribution in [0, 0.1) is 5.82 Å². The molecule has 2 rings (SSSR count). The van der Waals surface area contributed by atoms with Gasteiger partial charge in [0, 0.05) is 18.0 Å². The van der Waals surface area contributed by atoms with Crippen molar-refractivity contribution < 1.29 is 13.9 Å². The molecular weight excluding hydrogens is 257 g/mol. The van der Waals surface area contributed by atoms with E-state index < -0.39 is 11.9 Å². The summed E-state index contributed by atoms with van der Waals surface area (Å²) in [4.78, 5) is 0. The maximum Gasteiger partial charge on any atom is 0.169 e. The van der Waals surface area contributed by atoms with Crippen molar-refractivity contribution in [3.05, 3.63) is 59.9 Å². The SMILES string of the molecule is COc1cccc(C(N)CCOc2ccccc2)c1F. The van der Waals surface area contributed by atoms with Crippen LogP contribution in [0.3, 0.4) is 0 Å². The van der Waals surface area contributed by atoms with Gasteiger partial charge >= 0.3 is 0 Å². The zero-order chi connectivity index (χ0) is 14.4. The summed E-state index contributed by atoms with van der Waals surface area (Å²) in [5, 5.41) is 0. The van der Waals surface area contributed by atoms with Crippen molar-refractivity contribution in [2.24, 2.45) is 5.73 Å². The van der Waals surface area contributed by atoms with Crippen LogP contribution in [0.25, 0.3) is 0 Å². The lowest BCUT2D eigenvalue weighted by atomic mass is 10.0. The predicted molar refractivity (Wildman–Crippen MR) is 76.4 cm³/mol. The van der Waals surface area contributed by atoms with E-state index in [-0.39, 0.29) is 5.75 Å². The van der Waals surface area contributed by atoms with Gasteiger partial charge in [-0.3, -0.25) is 0 Å². The van der Waals surface area contributed by atoms with E-state index in [1.165, 1.54) is 7.11 Å². The molecule has 0 saturated carbocycles. The van der Waals surface area contributed by atoms with Gasteiger partial charge < -0.3 is 15.2 Å². The molecule has 0 radical (unpaired) electrons. The second-order valence-electron chi connectivity index (χ2n) is 4.42. The Kier molecular flexibility index (Phi) is 4.96. The number of halogens is 1. The standard InChI is InChI=1S/C16H18FNO2/c1-19-15-9-5-8-13(16(15)17)14(18)10-11-20-12-6-3-2-4-7-12/h2-9,14H,10-11,18H2,1H3. The Morgan fingerprint density at radius 1 is 1.10 bits per heavy atom. The molecule has 0 aliphatic carbocycles. The fourth-order valence-corrected chi connectivity index (χ4v) is 1.95. The summed E-state index contributed by atoms with van der Waals surface area (Å²) >= 11 is 0. The van der Waals surface area contributed by atoms with Crippen LogP contribution in [0.4, 0.5) is 4.39 Å². The molecule has 0 bridgehead atoms. The molecule has 0 aliphatic heterocycles. The second-order valence-corrected chi connectivity index (χ2v) is 4.42. The molecule has 0 amide bonds. The Labute approximate surface area is 118 Å². The van der Waals surface area contributed by atoms with Gasteiger partial charge in [0.15, 0.2) is 11.6 Å². The van der Waals surface area contributed by atoms with Crippen LogP contribution in [0.1, 0.15) is 18.0 Å². The van der Waals surface area contributed by atoms with Crippen LogP contribution in [0.5, 0.6) is 11.5 Å². The minimum Gasteiger partial charge on any atom is -0.494 e. The van der Waals surface area contributed by atoms with Gasteiger partial charge in [0.2, 0.25) is 0 Å². The first-order valence-corrected chi connectivity index (χ1v) is 6.48. The van der Waals surface area contributed by atoms with Crippen LogP contribution in [-0.2, 0) is 0 Å². The number of methoxy groups -OCH3 is 1. The lowest BCUT2D eigenvalue weighted by Crippen LogP contribution is -2.16. The summed E-state index contributed by atoms with van der Waals surface area (Å²) < 4.78 is 24.5. The minimum absolute atomic E-state index is 0.210. The highest BCUT2D eigenvalue weighted by Crippen LogP contribution is 2.25. The average Bonchev–Trinajstić information content (AvgIpc) is 2.48. The average molecular weight is 275 g/mol. The van der Waals surface area contributed by atoms with E-state index in [4.69, 9.17) is 15.2 Å². The molecule has 2 N–H and O–H groups in total.